The first-order valence-corrected chi connectivity index (χ1v) is 10.5. The van der Waals surface area contributed by atoms with Crippen molar-refractivity contribution < 1.29 is 14.4 Å². The summed E-state index contributed by atoms with van der Waals surface area (Å²) in [6.07, 6.45) is 3.69. The molecule has 0 saturated carbocycles. The van der Waals surface area contributed by atoms with E-state index in [1.54, 1.807) is 4.90 Å². The molecule has 28 heavy (non-hydrogen) atoms. The number of fused-ring (bicyclic) bond motifs is 1. The summed E-state index contributed by atoms with van der Waals surface area (Å²) in [7, 11) is 0. The van der Waals surface area contributed by atoms with Gasteiger partial charge in [-0.3, -0.25) is 14.4 Å². The van der Waals surface area contributed by atoms with E-state index < -0.39 is 0 Å². The quantitative estimate of drug-likeness (QED) is 0.806. The van der Waals surface area contributed by atoms with E-state index >= 15 is 0 Å². The molecule has 6 heteroatoms. The van der Waals surface area contributed by atoms with Gasteiger partial charge in [-0.1, -0.05) is 13.8 Å². The van der Waals surface area contributed by atoms with Gasteiger partial charge < -0.3 is 14.7 Å². The lowest BCUT2D eigenvalue weighted by Gasteiger charge is -2.32. The Morgan fingerprint density at radius 2 is 1.89 bits per heavy atom. The van der Waals surface area contributed by atoms with E-state index in [1.807, 2.05) is 34.9 Å². The average molecular weight is 383 g/mol. The maximum absolute atomic E-state index is 12.9. The van der Waals surface area contributed by atoms with Crippen LogP contribution in [0.4, 0.5) is 11.4 Å². The van der Waals surface area contributed by atoms with E-state index in [0.29, 0.717) is 31.8 Å². The number of likely N-dealkylation sites (tertiary alicyclic amines) is 1. The molecule has 0 aromatic heterocycles. The summed E-state index contributed by atoms with van der Waals surface area (Å²) >= 11 is 0. The minimum Gasteiger partial charge on any atom is -0.342 e. The zero-order valence-electron chi connectivity index (χ0n) is 16.8. The molecule has 1 aromatic carbocycles. The summed E-state index contributed by atoms with van der Waals surface area (Å²) in [5, 5.41) is 0. The highest BCUT2D eigenvalue weighted by Crippen LogP contribution is 2.34. The van der Waals surface area contributed by atoms with Gasteiger partial charge in [-0.15, -0.1) is 0 Å². The van der Waals surface area contributed by atoms with Crippen LogP contribution in [0.1, 0.15) is 45.1 Å². The lowest BCUT2D eigenvalue weighted by atomic mass is 9.97. The number of hydrogen-bond acceptors (Lipinski definition) is 3. The van der Waals surface area contributed by atoms with Crippen molar-refractivity contribution >= 4 is 29.1 Å². The molecule has 150 valence electrons. The van der Waals surface area contributed by atoms with Crippen molar-refractivity contribution in [2.45, 2.75) is 46.0 Å². The molecule has 0 aliphatic carbocycles. The summed E-state index contributed by atoms with van der Waals surface area (Å²) in [6, 6.07) is 5.87. The van der Waals surface area contributed by atoms with E-state index in [-0.39, 0.29) is 23.6 Å². The molecular formula is C22H29N3O3. The molecule has 2 fully saturated rings. The van der Waals surface area contributed by atoms with E-state index in [0.717, 1.165) is 49.3 Å². The van der Waals surface area contributed by atoms with Gasteiger partial charge in [-0.25, -0.2) is 0 Å². The Hall–Kier alpha value is -2.37. The monoisotopic (exact) mass is 383 g/mol. The molecule has 0 radical (unpaired) electrons. The molecule has 2 saturated heterocycles. The molecule has 1 atom stereocenters. The predicted molar refractivity (Wildman–Crippen MR) is 108 cm³/mol. The third kappa shape index (κ3) is 3.40. The van der Waals surface area contributed by atoms with Gasteiger partial charge in [0, 0.05) is 50.4 Å². The van der Waals surface area contributed by atoms with Gasteiger partial charge in [0.15, 0.2) is 0 Å². The molecule has 3 amide bonds. The van der Waals surface area contributed by atoms with Crippen molar-refractivity contribution in [3.8, 4) is 0 Å². The summed E-state index contributed by atoms with van der Waals surface area (Å²) in [4.78, 5) is 43.1. The highest BCUT2D eigenvalue weighted by atomic mass is 16.2. The molecule has 0 N–H and O–H groups in total. The Morgan fingerprint density at radius 1 is 1.14 bits per heavy atom. The SMILES string of the molecule is CCC(=O)N1CCc2cc(N3CC(C(=O)N4CCC(C)CC4)CC3=O)ccc21. The van der Waals surface area contributed by atoms with Gasteiger partial charge in [0.25, 0.3) is 0 Å². The summed E-state index contributed by atoms with van der Waals surface area (Å²) < 4.78 is 0. The average Bonchev–Trinajstić information content (AvgIpc) is 3.30. The maximum atomic E-state index is 12.9. The van der Waals surface area contributed by atoms with Crippen molar-refractivity contribution in [2.75, 3.05) is 36.0 Å². The largest absolute Gasteiger partial charge is 0.342 e. The molecule has 3 aliphatic rings. The number of rotatable bonds is 3. The summed E-state index contributed by atoms with van der Waals surface area (Å²) in [5.41, 5.74) is 2.90. The molecule has 0 spiro atoms. The first-order chi connectivity index (χ1) is 13.5. The fourth-order valence-electron chi connectivity index (χ4n) is 4.62. The van der Waals surface area contributed by atoms with Crippen LogP contribution in [0, 0.1) is 11.8 Å². The van der Waals surface area contributed by atoms with Crippen molar-refractivity contribution in [3.05, 3.63) is 23.8 Å². The minimum atomic E-state index is -0.243. The Balaban J connectivity index is 1.46. The number of amides is 3. The number of hydrogen-bond donors (Lipinski definition) is 0. The molecule has 3 heterocycles. The number of nitrogens with zero attached hydrogens (tertiary/aromatic N) is 3. The van der Waals surface area contributed by atoms with E-state index in [2.05, 4.69) is 6.92 Å². The van der Waals surface area contributed by atoms with Gasteiger partial charge in [0.05, 0.1) is 5.92 Å². The predicted octanol–water partition coefficient (Wildman–Crippen LogP) is 2.60. The van der Waals surface area contributed by atoms with Crippen molar-refractivity contribution in [1.82, 2.24) is 4.90 Å². The number of anilines is 2. The van der Waals surface area contributed by atoms with Crippen LogP contribution in [0.15, 0.2) is 18.2 Å². The fourth-order valence-corrected chi connectivity index (χ4v) is 4.62. The molecule has 1 aromatic rings. The maximum Gasteiger partial charge on any atom is 0.228 e. The summed E-state index contributed by atoms with van der Waals surface area (Å²) in [5.74, 6) is 0.709. The van der Waals surface area contributed by atoms with Crippen LogP contribution in [0.25, 0.3) is 0 Å². The minimum absolute atomic E-state index is 0.0168. The van der Waals surface area contributed by atoms with Crippen molar-refractivity contribution in [3.63, 3.8) is 0 Å². The van der Waals surface area contributed by atoms with Crippen LogP contribution in [0.3, 0.4) is 0 Å². The van der Waals surface area contributed by atoms with E-state index in [1.165, 1.54) is 0 Å². The zero-order chi connectivity index (χ0) is 19.8. The second-order valence-electron chi connectivity index (χ2n) is 8.38. The third-order valence-corrected chi connectivity index (χ3v) is 6.44. The molecule has 3 aliphatic heterocycles. The highest BCUT2D eigenvalue weighted by molar-refractivity contribution is 6.01. The molecular weight excluding hydrogens is 354 g/mol. The lowest BCUT2D eigenvalue weighted by Crippen LogP contribution is -2.42. The van der Waals surface area contributed by atoms with Crippen LogP contribution in [-0.4, -0.2) is 48.8 Å². The first-order valence-electron chi connectivity index (χ1n) is 10.5. The normalized spacial score (nSPS) is 22.7. The van der Waals surface area contributed by atoms with Gasteiger partial charge in [0.1, 0.15) is 0 Å². The smallest absolute Gasteiger partial charge is 0.228 e. The lowest BCUT2D eigenvalue weighted by molar-refractivity contribution is -0.137. The second-order valence-corrected chi connectivity index (χ2v) is 8.38. The van der Waals surface area contributed by atoms with Crippen molar-refractivity contribution in [2.24, 2.45) is 11.8 Å². The number of piperidine rings is 1. The fraction of sp³-hybridized carbons (Fsp3) is 0.591. The number of carbonyl (C=O) groups is 3. The first kappa shape index (κ1) is 19.0. The zero-order valence-corrected chi connectivity index (χ0v) is 16.8. The van der Waals surface area contributed by atoms with E-state index in [9.17, 15) is 14.4 Å². The third-order valence-electron chi connectivity index (χ3n) is 6.44. The molecule has 6 nitrogen and oxygen atoms in total. The van der Waals surface area contributed by atoms with Crippen LogP contribution < -0.4 is 9.80 Å². The Labute approximate surface area is 166 Å². The van der Waals surface area contributed by atoms with Gasteiger partial charge in [0.2, 0.25) is 17.7 Å². The number of carbonyl (C=O) groups excluding carboxylic acids is 3. The van der Waals surface area contributed by atoms with Crippen LogP contribution in [0.5, 0.6) is 0 Å². The molecule has 1 unspecified atom stereocenters. The van der Waals surface area contributed by atoms with Crippen LogP contribution >= 0.6 is 0 Å². The van der Waals surface area contributed by atoms with Gasteiger partial charge in [-0.05, 0) is 48.9 Å². The molecule has 4 rings (SSSR count). The Kier molecular flexibility index (Phi) is 5.13. The van der Waals surface area contributed by atoms with Gasteiger partial charge >= 0.3 is 0 Å². The van der Waals surface area contributed by atoms with Crippen LogP contribution in [-0.2, 0) is 20.8 Å². The standard InChI is InChI=1S/C22H29N3O3/c1-3-20(26)24-11-8-16-12-18(4-5-19(16)24)25-14-17(13-21(25)27)22(28)23-9-6-15(2)7-10-23/h4-5,12,15,17H,3,6-11,13-14H2,1-2H3. The highest BCUT2D eigenvalue weighted by Gasteiger charge is 2.38. The van der Waals surface area contributed by atoms with Gasteiger partial charge in [-0.2, -0.15) is 0 Å². The van der Waals surface area contributed by atoms with Crippen molar-refractivity contribution in [1.29, 1.82) is 0 Å². The van der Waals surface area contributed by atoms with E-state index in [4.69, 9.17) is 0 Å². The van der Waals surface area contributed by atoms with Crippen LogP contribution in [0.2, 0.25) is 0 Å². The molecule has 0 bridgehead atoms. The Bertz CT molecular complexity index is 798. The topological polar surface area (TPSA) is 60.9 Å². The summed E-state index contributed by atoms with van der Waals surface area (Å²) in [6.45, 7) is 6.88. The second kappa shape index (κ2) is 7.57. The Morgan fingerprint density at radius 3 is 2.61 bits per heavy atom. The number of benzene rings is 1.